The van der Waals surface area contributed by atoms with E-state index in [9.17, 15) is 0 Å². The van der Waals surface area contributed by atoms with Gasteiger partial charge >= 0.3 is 0 Å². The van der Waals surface area contributed by atoms with Gasteiger partial charge < -0.3 is 42.6 Å². The smallest absolute Gasteiger partial charge is 0.282 e. The Labute approximate surface area is 337 Å². The van der Waals surface area contributed by atoms with E-state index in [1.807, 2.05) is 6.07 Å². The quantitative estimate of drug-likeness (QED) is 0.0685. The van der Waals surface area contributed by atoms with Crippen molar-refractivity contribution >= 4 is 0 Å². The zero-order valence-electron chi connectivity index (χ0n) is 35.1. The molecule has 9 heteroatoms. The second kappa shape index (κ2) is 21.8. The van der Waals surface area contributed by atoms with Crippen LogP contribution in [0.2, 0.25) is 0 Å². The Hall–Kier alpha value is -2.08. The summed E-state index contributed by atoms with van der Waals surface area (Å²) >= 11 is 0. The van der Waals surface area contributed by atoms with Crippen LogP contribution in [-0.2, 0) is 50.9 Å². The third kappa shape index (κ3) is 10.7. The van der Waals surface area contributed by atoms with Gasteiger partial charge in [-0.2, -0.15) is 0 Å². The van der Waals surface area contributed by atoms with Gasteiger partial charge in [0, 0.05) is 65.3 Å². The number of rotatable bonds is 26. The van der Waals surface area contributed by atoms with Crippen LogP contribution in [0.5, 0.6) is 5.75 Å². The molecule has 0 N–H and O–H groups in total. The maximum atomic E-state index is 6.88. The molecule has 0 radical (unpaired) electrons. The first-order valence-corrected chi connectivity index (χ1v) is 22.0. The Balaban J connectivity index is 0.869. The minimum absolute atomic E-state index is 0.0465. The van der Waals surface area contributed by atoms with E-state index in [0.717, 1.165) is 57.5 Å². The molecule has 56 heavy (non-hydrogen) atoms. The molecule has 1 spiro atoms. The van der Waals surface area contributed by atoms with Crippen LogP contribution < -0.4 is 4.74 Å². The summed E-state index contributed by atoms with van der Waals surface area (Å²) in [6.45, 7) is 8.01. The minimum atomic E-state index is -0.954. The highest BCUT2D eigenvalue weighted by molar-refractivity contribution is 5.42. The van der Waals surface area contributed by atoms with Crippen LogP contribution in [-0.4, -0.2) is 85.4 Å². The highest BCUT2D eigenvalue weighted by atomic mass is 16.9. The van der Waals surface area contributed by atoms with E-state index < -0.39 is 11.8 Å². The lowest BCUT2D eigenvalue weighted by atomic mass is 9.53. The van der Waals surface area contributed by atoms with Gasteiger partial charge in [0.25, 0.3) is 5.97 Å². The van der Waals surface area contributed by atoms with Crippen molar-refractivity contribution in [3.8, 4) is 5.75 Å². The van der Waals surface area contributed by atoms with E-state index in [1.54, 1.807) is 21.3 Å². The molecular formula is C47H72O9. The van der Waals surface area contributed by atoms with Gasteiger partial charge in [0.05, 0.1) is 32.5 Å². The molecular weight excluding hydrogens is 709 g/mol. The van der Waals surface area contributed by atoms with Crippen molar-refractivity contribution < 1.29 is 42.6 Å². The number of hydrogen-bond acceptors (Lipinski definition) is 9. The maximum Gasteiger partial charge on any atom is 0.282 e. The Morgan fingerprint density at radius 2 is 1.36 bits per heavy atom. The molecule has 314 valence electrons. The van der Waals surface area contributed by atoms with Crippen molar-refractivity contribution in [3.63, 3.8) is 0 Å². The van der Waals surface area contributed by atoms with Gasteiger partial charge in [-0.25, -0.2) is 0 Å². The SMILES string of the molecule is COC(CCCOCCCCCCCCCCCOCCO[C@H]1C[C@@]2(C)[C@@H](CCC23OCCO3)[C@@H]2CCc3cc(OCc4ccccc4)ccc3[C@H]21)(OC)OC. The van der Waals surface area contributed by atoms with Crippen LogP contribution in [0.25, 0.3) is 0 Å². The molecule has 2 saturated carbocycles. The van der Waals surface area contributed by atoms with Crippen LogP contribution in [0.1, 0.15) is 126 Å². The first kappa shape index (κ1) is 43.5. The fourth-order valence-corrected chi connectivity index (χ4v) is 10.5. The molecule has 0 aromatic heterocycles. The molecule has 1 saturated heterocycles. The normalized spacial score (nSPS) is 25.3. The molecule has 3 aliphatic carbocycles. The standard InChI is InChI=1S/C47H72O9/c1-45-35-43(53-31-30-52-28-16-11-9-7-5-6-8-10-15-27-51-29-17-25-47(48-2,49-3)50-4)44-40-23-21-39(54-36-37-18-13-12-14-19-37)34-38(40)20-22-41(44)42(45)24-26-46(45)55-32-33-56-46/h12-14,18-19,21,23,34,41-44H,5-11,15-17,20,22,24-33,35-36H2,1-4H3/t41-,42-,43-,44+,45-/m0/s1. The van der Waals surface area contributed by atoms with Gasteiger partial charge in [-0.3, -0.25) is 0 Å². The molecule has 0 unspecified atom stereocenters. The monoisotopic (exact) mass is 781 g/mol. The lowest BCUT2D eigenvalue weighted by molar-refractivity contribution is -0.355. The fourth-order valence-electron chi connectivity index (χ4n) is 10.5. The van der Waals surface area contributed by atoms with Gasteiger partial charge in [0.2, 0.25) is 0 Å². The summed E-state index contributed by atoms with van der Waals surface area (Å²) < 4.78 is 54.0. The van der Waals surface area contributed by atoms with Gasteiger partial charge in [-0.05, 0) is 85.6 Å². The summed E-state index contributed by atoms with van der Waals surface area (Å²) in [4.78, 5) is 0. The molecule has 1 aliphatic heterocycles. The second-order valence-corrected chi connectivity index (χ2v) is 16.8. The van der Waals surface area contributed by atoms with Gasteiger partial charge in [-0.15, -0.1) is 0 Å². The Morgan fingerprint density at radius 1 is 0.714 bits per heavy atom. The fraction of sp³-hybridized carbons (Fsp3) is 0.745. The molecule has 9 nitrogen and oxygen atoms in total. The number of benzene rings is 2. The van der Waals surface area contributed by atoms with Crippen molar-refractivity contribution in [2.45, 2.75) is 140 Å². The van der Waals surface area contributed by atoms with Crippen LogP contribution in [0, 0.1) is 17.3 Å². The molecule has 6 rings (SSSR count). The minimum Gasteiger partial charge on any atom is -0.489 e. The first-order chi connectivity index (χ1) is 27.5. The van der Waals surface area contributed by atoms with Crippen molar-refractivity contribution in [2.24, 2.45) is 17.3 Å². The number of methoxy groups -OCH3 is 3. The summed E-state index contributed by atoms with van der Waals surface area (Å²) in [5.74, 6) is 1.04. The van der Waals surface area contributed by atoms with Crippen molar-refractivity contribution in [2.75, 3.05) is 67.6 Å². The van der Waals surface area contributed by atoms with E-state index in [1.165, 1.54) is 74.5 Å². The molecule has 2 aromatic rings. The predicted octanol–water partition coefficient (Wildman–Crippen LogP) is 9.78. The van der Waals surface area contributed by atoms with Crippen molar-refractivity contribution in [1.82, 2.24) is 0 Å². The highest BCUT2D eigenvalue weighted by Crippen LogP contribution is 2.66. The number of unbranched alkanes of at least 4 members (excludes halogenated alkanes) is 8. The average molecular weight is 781 g/mol. The average Bonchev–Trinajstić information content (AvgIpc) is 3.84. The zero-order chi connectivity index (χ0) is 39.1. The Morgan fingerprint density at radius 3 is 2.04 bits per heavy atom. The van der Waals surface area contributed by atoms with Crippen molar-refractivity contribution in [1.29, 1.82) is 0 Å². The molecule has 3 fully saturated rings. The van der Waals surface area contributed by atoms with E-state index in [0.29, 0.717) is 63.8 Å². The Kier molecular flexibility index (Phi) is 16.9. The number of hydrogen-bond donors (Lipinski definition) is 0. The van der Waals surface area contributed by atoms with Crippen LogP contribution >= 0.6 is 0 Å². The van der Waals surface area contributed by atoms with Gasteiger partial charge in [0.1, 0.15) is 12.4 Å². The first-order valence-electron chi connectivity index (χ1n) is 22.0. The van der Waals surface area contributed by atoms with Gasteiger partial charge in [-0.1, -0.05) is 88.3 Å². The van der Waals surface area contributed by atoms with Crippen LogP contribution in [0.4, 0.5) is 0 Å². The predicted molar refractivity (Wildman–Crippen MR) is 218 cm³/mol. The molecule has 1 heterocycles. The molecule has 0 amide bonds. The summed E-state index contributed by atoms with van der Waals surface area (Å²) in [6.07, 6.45) is 18.1. The molecule has 4 aliphatic rings. The Bertz CT molecular complexity index is 1400. The third-order valence-electron chi connectivity index (χ3n) is 13.5. The summed E-state index contributed by atoms with van der Waals surface area (Å²) in [5.41, 5.74) is 4.02. The van der Waals surface area contributed by atoms with Crippen LogP contribution in [0.3, 0.4) is 0 Å². The number of aryl methyl sites for hydroxylation is 1. The lowest BCUT2D eigenvalue weighted by Crippen LogP contribution is -2.56. The molecule has 2 aromatic carbocycles. The third-order valence-corrected chi connectivity index (χ3v) is 13.5. The maximum absolute atomic E-state index is 6.88. The summed E-state index contributed by atoms with van der Waals surface area (Å²) in [5, 5.41) is 0. The van der Waals surface area contributed by atoms with E-state index in [-0.39, 0.29) is 11.5 Å². The second-order valence-electron chi connectivity index (χ2n) is 16.8. The highest BCUT2D eigenvalue weighted by Gasteiger charge is 2.67. The largest absolute Gasteiger partial charge is 0.489 e. The topological polar surface area (TPSA) is 83.1 Å². The zero-order valence-corrected chi connectivity index (χ0v) is 35.1. The number of fused-ring (bicyclic) bond motifs is 6. The summed E-state index contributed by atoms with van der Waals surface area (Å²) in [6, 6.07) is 17.2. The van der Waals surface area contributed by atoms with Crippen LogP contribution in [0.15, 0.2) is 48.5 Å². The van der Waals surface area contributed by atoms with E-state index >= 15 is 0 Å². The summed E-state index contributed by atoms with van der Waals surface area (Å²) in [7, 11) is 4.79. The lowest BCUT2D eigenvalue weighted by Gasteiger charge is -2.55. The number of ether oxygens (including phenoxy) is 9. The molecule has 5 atom stereocenters. The molecule has 0 bridgehead atoms. The van der Waals surface area contributed by atoms with E-state index in [2.05, 4.69) is 49.4 Å². The van der Waals surface area contributed by atoms with E-state index in [4.69, 9.17) is 42.6 Å². The van der Waals surface area contributed by atoms with Crippen molar-refractivity contribution in [3.05, 3.63) is 65.2 Å². The van der Waals surface area contributed by atoms with Gasteiger partial charge in [0.15, 0.2) is 5.79 Å².